The molecule has 2 fully saturated rings. The van der Waals surface area contributed by atoms with Crippen LogP contribution in [0.25, 0.3) is 22.4 Å². The lowest BCUT2D eigenvalue weighted by Crippen LogP contribution is -2.38. The summed E-state index contributed by atoms with van der Waals surface area (Å²) in [4.78, 5) is 46.4. The van der Waals surface area contributed by atoms with Crippen LogP contribution in [0.4, 0.5) is 10.1 Å². The van der Waals surface area contributed by atoms with Gasteiger partial charge >= 0.3 is 0 Å². The monoisotopic (exact) mass is 420 g/mol. The molecule has 2 atom stereocenters. The van der Waals surface area contributed by atoms with E-state index in [9.17, 15) is 18.8 Å². The van der Waals surface area contributed by atoms with E-state index >= 15 is 0 Å². The van der Waals surface area contributed by atoms with Gasteiger partial charge in [-0.05, 0) is 55.3 Å². The lowest BCUT2D eigenvalue weighted by atomic mass is 9.81. The van der Waals surface area contributed by atoms with E-state index < -0.39 is 5.91 Å². The molecule has 1 aliphatic heterocycles. The smallest absolute Gasteiger partial charge is 0.244 e. The summed E-state index contributed by atoms with van der Waals surface area (Å²) in [6.07, 6.45) is 3.34. The molecule has 7 nitrogen and oxygen atoms in total. The van der Waals surface area contributed by atoms with Crippen molar-refractivity contribution in [3.05, 3.63) is 48.3 Å². The standard InChI is InChI=1S/C23H21FN4O3/c24-14-7-5-13(6-8-14)21-26-18-10-9-15(11-19(18)27-21)25-20(29)12-28-22(30)16-3-1-2-4-17(16)23(28)31/h5-11,16-17H,1-4,12H2,(H,25,29)(H,26,27). The van der Waals surface area contributed by atoms with Crippen LogP contribution in [-0.2, 0) is 14.4 Å². The normalized spacial score (nSPS) is 20.9. The highest BCUT2D eigenvalue weighted by molar-refractivity contribution is 6.08. The second-order valence-electron chi connectivity index (χ2n) is 8.13. The van der Waals surface area contributed by atoms with Crippen molar-refractivity contribution >= 4 is 34.4 Å². The molecule has 0 spiro atoms. The van der Waals surface area contributed by atoms with Crippen LogP contribution in [0.1, 0.15) is 25.7 Å². The maximum atomic E-state index is 13.1. The number of anilines is 1. The number of hydrogen-bond donors (Lipinski definition) is 2. The minimum Gasteiger partial charge on any atom is -0.338 e. The largest absolute Gasteiger partial charge is 0.338 e. The van der Waals surface area contributed by atoms with Crippen LogP contribution in [-0.4, -0.2) is 39.1 Å². The molecule has 1 aromatic heterocycles. The summed E-state index contributed by atoms with van der Waals surface area (Å²) >= 11 is 0. The van der Waals surface area contributed by atoms with Crippen molar-refractivity contribution in [3.8, 4) is 11.4 Å². The number of benzene rings is 2. The molecule has 2 N–H and O–H groups in total. The fourth-order valence-electron chi connectivity index (χ4n) is 4.56. The van der Waals surface area contributed by atoms with E-state index in [-0.39, 0.29) is 36.0 Å². The first-order valence-electron chi connectivity index (χ1n) is 10.4. The first-order chi connectivity index (χ1) is 15.0. The molecule has 5 rings (SSSR count). The Morgan fingerprint density at radius 3 is 2.42 bits per heavy atom. The molecule has 2 aromatic carbocycles. The molecule has 8 heteroatoms. The number of amides is 3. The molecule has 2 aliphatic rings. The third-order valence-electron chi connectivity index (χ3n) is 6.12. The van der Waals surface area contributed by atoms with Gasteiger partial charge in [-0.1, -0.05) is 12.8 Å². The van der Waals surface area contributed by atoms with Gasteiger partial charge in [0.1, 0.15) is 18.2 Å². The second kappa shape index (κ2) is 7.61. The number of likely N-dealkylation sites (tertiary alicyclic amines) is 1. The summed E-state index contributed by atoms with van der Waals surface area (Å²) in [7, 11) is 0. The van der Waals surface area contributed by atoms with Crippen LogP contribution in [0.5, 0.6) is 0 Å². The predicted octanol–water partition coefficient (Wildman–Crippen LogP) is 3.48. The molecule has 3 aromatic rings. The number of rotatable bonds is 4. The predicted molar refractivity (Wildman–Crippen MR) is 112 cm³/mol. The number of aromatic amines is 1. The van der Waals surface area contributed by atoms with Crippen molar-refractivity contribution in [1.82, 2.24) is 14.9 Å². The summed E-state index contributed by atoms with van der Waals surface area (Å²) in [5.74, 6) is -1.12. The van der Waals surface area contributed by atoms with E-state index in [1.54, 1.807) is 30.3 Å². The maximum Gasteiger partial charge on any atom is 0.244 e. The topological polar surface area (TPSA) is 95.2 Å². The van der Waals surface area contributed by atoms with E-state index in [0.29, 0.717) is 22.5 Å². The number of aromatic nitrogens is 2. The summed E-state index contributed by atoms with van der Waals surface area (Å²) in [5, 5.41) is 2.76. The summed E-state index contributed by atoms with van der Waals surface area (Å²) in [6, 6.07) is 11.2. The molecule has 1 aliphatic carbocycles. The van der Waals surface area contributed by atoms with Crippen molar-refractivity contribution in [2.75, 3.05) is 11.9 Å². The van der Waals surface area contributed by atoms with Gasteiger partial charge in [0.05, 0.1) is 22.9 Å². The van der Waals surface area contributed by atoms with Crippen molar-refractivity contribution < 1.29 is 18.8 Å². The molecule has 3 amide bonds. The highest BCUT2D eigenvalue weighted by Gasteiger charge is 2.48. The number of nitrogens with one attached hydrogen (secondary N) is 2. The van der Waals surface area contributed by atoms with Crippen LogP contribution in [0.2, 0.25) is 0 Å². The van der Waals surface area contributed by atoms with Crippen molar-refractivity contribution in [1.29, 1.82) is 0 Å². The van der Waals surface area contributed by atoms with Crippen molar-refractivity contribution in [2.24, 2.45) is 11.8 Å². The van der Waals surface area contributed by atoms with Gasteiger partial charge in [-0.3, -0.25) is 19.3 Å². The molecule has 1 saturated heterocycles. The zero-order valence-electron chi connectivity index (χ0n) is 16.7. The number of hydrogen-bond acceptors (Lipinski definition) is 4. The summed E-state index contributed by atoms with van der Waals surface area (Å²) < 4.78 is 13.1. The highest BCUT2D eigenvalue weighted by atomic mass is 19.1. The Hall–Kier alpha value is -3.55. The Morgan fingerprint density at radius 2 is 1.74 bits per heavy atom. The van der Waals surface area contributed by atoms with Gasteiger partial charge in [-0.25, -0.2) is 9.37 Å². The number of carbonyl (C=O) groups excluding carboxylic acids is 3. The summed E-state index contributed by atoms with van der Waals surface area (Å²) in [6.45, 7) is -0.271. The zero-order chi connectivity index (χ0) is 21.5. The van der Waals surface area contributed by atoms with Crippen LogP contribution < -0.4 is 5.32 Å². The minimum atomic E-state index is -0.419. The van der Waals surface area contributed by atoms with Gasteiger partial charge in [-0.2, -0.15) is 0 Å². The lowest BCUT2D eigenvalue weighted by molar-refractivity contribution is -0.142. The number of imide groups is 1. The SMILES string of the molecule is O=C(CN1C(=O)C2CCCCC2C1=O)Nc1ccc2nc(-c3ccc(F)cc3)[nH]c2c1. The van der Waals surface area contributed by atoms with E-state index in [1.165, 1.54) is 12.1 Å². The number of nitrogens with zero attached hydrogens (tertiary/aromatic N) is 2. The van der Waals surface area contributed by atoms with Gasteiger partial charge in [0.25, 0.3) is 0 Å². The molecule has 31 heavy (non-hydrogen) atoms. The van der Waals surface area contributed by atoms with Gasteiger partial charge in [-0.15, -0.1) is 0 Å². The van der Waals surface area contributed by atoms with Gasteiger partial charge < -0.3 is 10.3 Å². The first-order valence-corrected chi connectivity index (χ1v) is 10.4. The number of H-pyrrole nitrogens is 1. The third-order valence-corrected chi connectivity index (χ3v) is 6.12. The highest BCUT2D eigenvalue weighted by Crippen LogP contribution is 2.37. The number of halogens is 1. The number of imidazole rings is 1. The quantitative estimate of drug-likeness (QED) is 0.632. The maximum absolute atomic E-state index is 13.1. The van der Waals surface area contributed by atoms with Crippen LogP contribution in [0, 0.1) is 17.7 Å². The molecule has 1 saturated carbocycles. The molecule has 2 heterocycles. The Labute approximate surface area is 177 Å². The molecular weight excluding hydrogens is 399 g/mol. The Kier molecular flexibility index (Phi) is 4.77. The Balaban J connectivity index is 1.30. The average molecular weight is 420 g/mol. The van der Waals surface area contributed by atoms with E-state index in [0.717, 1.165) is 36.1 Å². The van der Waals surface area contributed by atoms with Crippen LogP contribution in [0.3, 0.4) is 0 Å². The lowest BCUT2D eigenvalue weighted by Gasteiger charge is -2.19. The fraction of sp³-hybridized carbons (Fsp3) is 0.304. The third kappa shape index (κ3) is 3.58. The Morgan fingerprint density at radius 1 is 1.06 bits per heavy atom. The minimum absolute atomic E-state index is 0.224. The van der Waals surface area contributed by atoms with Gasteiger partial charge in [0.15, 0.2) is 0 Å². The first kappa shape index (κ1) is 19.4. The van der Waals surface area contributed by atoms with Crippen molar-refractivity contribution in [3.63, 3.8) is 0 Å². The molecule has 158 valence electrons. The molecular formula is C23H21FN4O3. The average Bonchev–Trinajstić information content (AvgIpc) is 3.29. The number of fused-ring (bicyclic) bond motifs is 2. The van der Waals surface area contributed by atoms with E-state index in [1.807, 2.05) is 0 Å². The molecule has 0 radical (unpaired) electrons. The van der Waals surface area contributed by atoms with Gasteiger partial charge in [0.2, 0.25) is 17.7 Å². The van der Waals surface area contributed by atoms with Gasteiger partial charge in [0, 0.05) is 11.3 Å². The van der Waals surface area contributed by atoms with Crippen molar-refractivity contribution in [2.45, 2.75) is 25.7 Å². The summed E-state index contributed by atoms with van der Waals surface area (Å²) in [5.41, 5.74) is 2.68. The number of carbonyl (C=O) groups is 3. The van der Waals surface area contributed by atoms with Crippen LogP contribution in [0.15, 0.2) is 42.5 Å². The molecule has 0 bridgehead atoms. The Bertz CT molecular complexity index is 1160. The second-order valence-corrected chi connectivity index (χ2v) is 8.13. The van der Waals surface area contributed by atoms with E-state index in [2.05, 4.69) is 15.3 Å². The zero-order valence-corrected chi connectivity index (χ0v) is 16.7. The fourth-order valence-corrected chi connectivity index (χ4v) is 4.56. The van der Waals surface area contributed by atoms with Crippen LogP contribution >= 0.6 is 0 Å². The molecule has 2 unspecified atom stereocenters. The van der Waals surface area contributed by atoms with E-state index in [4.69, 9.17) is 0 Å².